The van der Waals surface area contributed by atoms with E-state index >= 15 is 0 Å². The molecular weight excluding hydrogens is 224 g/mol. The average molecular weight is 241 g/mol. The number of pyridine rings is 1. The number of aromatic nitrogens is 1. The van der Waals surface area contributed by atoms with Gasteiger partial charge in [0, 0.05) is 18.4 Å². The molecule has 0 aromatic carbocycles. The van der Waals surface area contributed by atoms with E-state index in [1.165, 1.54) is 0 Å². The number of anilines is 1. The molecule has 0 bridgehead atoms. The van der Waals surface area contributed by atoms with Crippen LogP contribution in [0.3, 0.4) is 0 Å². The molecule has 4 heteroatoms. The molecule has 1 aliphatic carbocycles. The van der Waals surface area contributed by atoms with E-state index in [4.69, 9.17) is 11.6 Å². The fourth-order valence-corrected chi connectivity index (χ4v) is 2.27. The second-order valence-corrected chi connectivity index (χ2v) is 5.18. The molecule has 3 nitrogen and oxygen atoms in total. The number of hydrogen-bond acceptors (Lipinski definition) is 3. The maximum Gasteiger partial charge on any atom is 0.0820 e. The molecule has 0 spiro atoms. The van der Waals surface area contributed by atoms with E-state index < -0.39 is 5.60 Å². The SMILES string of the molecule is CC1(O)CCC(Nc2ccncc2Cl)CC1. The van der Waals surface area contributed by atoms with Crippen LogP contribution >= 0.6 is 11.6 Å². The van der Waals surface area contributed by atoms with Crippen molar-refractivity contribution >= 4 is 17.3 Å². The minimum atomic E-state index is -0.486. The van der Waals surface area contributed by atoms with Crippen LogP contribution in [0.25, 0.3) is 0 Å². The summed E-state index contributed by atoms with van der Waals surface area (Å²) in [6, 6.07) is 2.29. The lowest BCUT2D eigenvalue weighted by molar-refractivity contribution is 0.0196. The third kappa shape index (κ3) is 2.86. The first-order chi connectivity index (χ1) is 7.57. The highest BCUT2D eigenvalue weighted by Crippen LogP contribution is 2.30. The monoisotopic (exact) mass is 240 g/mol. The second kappa shape index (κ2) is 4.60. The van der Waals surface area contributed by atoms with Gasteiger partial charge in [-0.25, -0.2) is 0 Å². The minimum absolute atomic E-state index is 0.403. The number of halogens is 1. The van der Waals surface area contributed by atoms with Gasteiger partial charge in [0.05, 0.1) is 16.3 Å². The van der Waals surface area contributed by atoms with Gasteiger partial charge in [-0.15, -0.1) is 0 Å². The summed E-state index contributed by atoms with van der Waals surface area (Å²) in [5, 5.41) is 13.9. The van der Waals surface area contributed by atoms with Crippen molar-refractivity contribution in [3.8, 4) is 0 Å². The largest absolute Gasteiger partial charge is 0.390 e. The van der Waals surface area contributed by atoms with Crippen LogP contribution in [0, 0.1) is 0 Å². The summed E-state index contributed by atoms with van der Waals surface area (Å²) in [5.74, 6) is 0. The lowest BCUT2D eigenvalue weighted by Gasteiger charge is -2.34. The highest BCUT2D eigenvalue weighted by molar-refractivity contribution is 6.33. The van der Waals surface area contributed by atoms with Gasteiger partial charge in [-0.3, -0.25) is 4.98 Å². The summed E-state index contributed by atoms with van der Waals surface area (Å²) in [5.41, 5.74) is 0.448. The van der Waals surface area contributed by atoms with Crippen LogP contribution in [0.2, 0.25) is 5.02 Å². The summed E-state index contributed by atoms with van der Waals surface area (Å²) in [6.07, 6.45) is 7.01. The van der Waals surface area contributed by atoms with Gasteiger partial charge in [0.2, 0.25) is 0 Å². The van der Waals surface area contributed by atoms with E-state index in [1.807, 2.05) is 13.0 Å². The Balaban J connectivity index is 1.95. The van der Waals surface area contributed by atoms with Crippen molar-refractivity contribution in [3.05, 3.63) is 23.5 Å². The zero-order valence-corrected chi connectivity index (χ0v) is 10.2. The van der Waals surface area contributed by atoms with Gasteiger partial charge in [0.25, 0.3) is 0 Å². The number of hydrogen-bond donors (Lipinski definition) is 2. The van der Waals surface area contributed by atoms with Crippen LogP contribution in [0.15, 0.2) is 18.5 Å². The Bertz CT molecular complexity index is 358. The van der Waals surface area contributed by atoms with Crippen molar-refractivity contribution in [1.82, 2.24) is 4.98 Å². The van der Waals surface area contributed by atoms with Crippen molar-refractivity contribution in [2.75, 3.05) is 5.32 Å². The predicted octanol–water partition coefficient (Wildman–Crippen LogP) is 2.84. The van der Waals surface area contributed by atoms with Crippen LogP contribution in [-0.2, 0) is 0 Å². The van der Waals surface area contributed by atoms with Crippen molar-refractivity contribution in [3.63, 3.8) is 0 Å². The van der Waals surface area contributed by atoms with Gasteiger partial charge in [0.1, 0.15) is 0 Å². The Morgan fingerprint density at radius 1 is 1.50 bits per heavy atom. The van der Waals surface area contributed by atoms with E-state index in [0.29, 0.717) is 11.1 Å². The molecule has 1 heterocycles. The molecule has 1 aliphatic rings. The molecular formula is C12H17ClN2O. The molecule has 1 saturated carbocycles. The fraction of sp³-hybridized carbons (Fsp3) is 0.583. The van der Waals surface area contributed by atoms with Gasteiger partial charge in [-0.05, 0) is 38.7 Å². The maximum atomic E-state index is 9.85. The summed E-state index contributed by atoms with van der Waals surface area (Å²) in [7, 11) is 0. The minimum Gasteiger partial charge on any atom is -0.390 e. The van der Waals surface area contributed by atoms with E-state index in [0.717, 1.165) is 31.4 Å². The molecule has 0 radical (unpaired) electrons. The Hall–Kier alpha value is -0.800. The molecule has 1 aromatic rings. The van der Waals surface area contributed by atoms with Crippen LogP contribution in [0.5, 0.6) is 0 Å². The smallest absolute Gasteiger partial charge is 0.0820 e. The van der Waals surface area contributed by atoms with Gasteiger partial charge in [-0.2, -0.15) is 0 Å². The molecule has 0 atom stereocenters. The summed E-state index contributed by atoms with van der Waals surface area (Å²) < 4.78 is 0. The highest BCUT2D eigenvalue weighted by atomic mass is 35.5. The first-order valence-corrected chi connectivity index (χ1v) is 6.03. The first-order valence-electron chi connectivity index (χ1n) is 5.65. The van der Waals surface area contributed by atoms with Gasteiger partial charge < -0.3 is 10.4 Å². The van der Waals surface area contributed by atoms with Crippen molar-refractivity contribution in [2.24, 2.45) is 0 Å². The molecule has 2 N–H and O–H groups in total. The van der Waals surface area contributed by atoms with E-state index in [2.05, 4.69) is 10.3 Å². The Morgan fingerprint density at radius 3 is 2.81 bits per heavy atom. The van der Waals surface area contributed by atoms with Crippen LogP contribution in [0.4, 0.5) is 5.69 Å². The molecule has 0 unspecified atom stereocenters. The number of nitrogens with one attached hydrogen (secondary N) is 1. The van der Waals surface area contributed by atoms with Gasteiger partial charge in [0.15, 0.2) is 0 Å². The van der Waals surface area contributed by atoms with Crippen molar-refractivity contribution in [2.45, 2.75) is 44.2 Å². The molecule has 0 aliphatic heterocycles. The first kappa shape index (κ1) is 11.7. The van der Waals surface area contributed by atoms with Crippen molar-refractivity contribution < 1.29 is 5.11 Å². The molecule has 0 amide bonds. The quantitative estimate of drug-likeness (QED) is 0.836. The van der Waals surface area contributed by atoms with E-state index in [9.17, 15) is 5.11 Å². The van der Waals surface area contributed by atoms with Crippen LogP contribution in [-0.4, -0.2) is 21.7 Å². The topological polar surface area (TPSA) is 45.1 Å². The normalized spacial score (nSPS) is 30.1. The molecule has 16 heavy (non-hydrogen) atoms. The predicted molar refractivity (Wildman–Crippen MR) is 65.7 cm³/mol. The van der Waals surface area contributed by atoms with E-state index in [1.54, 1.807) is 12.4 Å². The third-order valence-electron chi connectivity index (χ3n) is 3.19. The average Bonchev–Trinajstić information content (AvgIpc) is 2.24. The Kier molecular flexibility index (Phi) is 3.36. The molecule has 88 valence electrons. The third-order valence-corrected chi connectivity index (χ3v) is 3.50. The van der Waals surface area contributed by atoms with Crippen molar-refractivity contribution in [1.29, 1.82) is 0 Å². The molecule has 1 fully saturated rings. The summed E-state index contributed by atoms with van der Waals surface area (Å²) >= 11 is 6.03. The highest BCUT2D eigenvalue weighted by Gasteiger charge is 2.28. The van der Waals surface area contributed by atoms with E-state index in [-0.39, 0.29) is 0 Å². The van der Waals surface area contributed by atoms with Crippen LogP contribution in [0.1, 0.15) is 32.6 Å². The standard InChI is InChI=1S/C12H17ClN2O/c1-12(16)5-2-9(3-6-12)15-11-4-7-14-8-10(11)13/h4,7-9,16H,2-3,5-6H2,1H3,(H,14,15). The Morgan fingerprint density at radius 2 is 2.19 bits per heavy atom. The van der Waals surface area contributed by atoms with Crippen LogP contribution < -0.4 is 5.32 Å². The lowest BCUT2D eigenvalue weighted by Crippen LogP contribution is -2.35. The zero-order valence-electron chi connectivity index (χ0n) is 9.41. The fourth-order valence-electron chi connectivity index (χ4n) is 2.10. The zero-order chi connectivity index (χ0) is 11.6. The number of nitrogens with zero attached hydrogens (tertiary/aromatic N) is 1. The van der Waals surface area contributed by atoms with Gasteiger partial charge >= 0.3 is 0 Å². The summed E-state index contributed by atoms with van der Waals surface area (Å²) in [6.45, 7) is 1.91. The molecule has 0 saturated heterocycles. The Labute approximate surface area is 101 Å². The molecule has 2 rings (SSSR count). The summed E-state index contributed by atoms with van der Waals surface area (Å²) in [4.78, 5) is 3.95. The number of rotatable bonds is 2. The van der Waals surface area contributed by atoms with Gasteiger partial charge in [-0.1, -0.05) is 11.6 Å². The second-order valence-electron chi connectivity index (χ2n) is 4.77. The number of aliphatic hydroxyl groups is 1. The molecule has 1 aromatic heterocycles. The maximum absolute atomic E-state index is 9.85. The lowest BCUT2D eigenvalue weighted by atomic mass is 9.83.